The van der Waals surface area contributed by atoms with Crippen molar-refractivity contribution in [2.75, 3.05) is 5.73 Å². The minimum absolute atomic E-state index is 0.341. The van der Waals surface area contributed by atoms with Crippen molar-refractivity contribution in [1.82, 2.24) is 0 Å². The van der Waals surface area contributed by atoms with Crippen LogP contribution in [-0.4, -0.2) is 18.7 Å². The fourth-order valence-electron chi connectivity index (χ4n) is 1.75. The van der Waals surface area contributed by atoms with Crippen LogP contribution in [0.4, 0.5) is 5.69 Å². The lowest BCUT2D eigenvalue weighted by molar-refractivity contribution is 0.0421. The van der Waals surface area contributed by atoms with E-state index in [1.807, 2.05) is 6.92 Å². The molecule has 6 heteroatoms. The Morgan fingerprint density at radius 1 is 1.62 bits per heavy atom. The van der Waals surface area contributed by atoms with Gasteiger partial charge in [-0.2, -0.15) is 0 Å². The number of hydrogen-bond acceptors (Lipinski definition) is 3. The van der Waals surface area contributed by atoms with Crippen molar-refractivity contribution in [3.63, 3.8) is 0 Å². The molecule has 0 spiro atoms. The molecule has 0 fully saturated rings. The summed E-state index contributed by atoms with van der Waals surface area (Å²) in [6, 6.07) is 1.70. The number of aliphatic hydroxyl groups is 1. The summed E-state index contributed by atoms with van der Waals surface area (Å²) in [5.74, 6) is 0. The van der Waals surface area contributed by atoms with Crippen molar-refractivity contribution in [2.45, 2.75) is 25.6 Å². The number of anilines is 1. The second-order valence-corrected chi connectivity index (χ2v) is 4.52. The summed E-state index contributed by atoms with van der Waals surface area (Å²) in [6.07, 6.45) is -0.388. The predicted molar refractivity (Wildman–Crippen MR) is 66.4 cm³/mol. The van der Waals surface area contributed by atoms with Gasteiger partial charge >= 0.3 is 7.48 Å². The van der Waals surface area contributed by atoms with E-state index in [0.29, 0.717) is 27.6 Å². The van der Waals surface area contributed by atoms with Crippen molar-refractivity contribution < 1.29 is 9.76 Å². The van der Waals surface area contributed by atoms with Gasteiger partial charge in [0.15, 0.2) is 0 Å². The van der Waals surface area contributed by atoms with Gasteiger partial charge in [0.25, 0.3) is 0 Å². The molecule has 1 aliphatic rings. The third kappa shape index (κ3) is 1.80. The molecule has 1 aromatic carbocycles. The van der Waals surface area contributed by atoms with Gasteiger partial charge in [-0.15, -0.1) is 0 Å². The van der Waals surface area contributed by atoms with Gasteiger partial charge in [0, 0.05) is 0 Å². The molecule has 85 valence electrons. The first-order valence-corrected chi connectivity index (χ1v) is 5.76. The average Bonchev–Trinajstić information content (AvgIpc) is 2.68. The van der Waals surface area contributed by atoms with E-state index in [0.717, 1.165) is 5.56 Å². The number of nitrogens with two attached hydrogens (primary N) is 1. The standard InChI is InChI=1S/C10H11BCl2NO2/c1-2-6(15)10-4-3-5(12)9(14)8(13)7(4)11-16-10/h3,6,10,15H,2,14H2,1H3. The molecule has 1 radical (unpaired) electrons. The largest absolute Gasteiger partial charge is 0.425 e. The summed E-state index contributed by atoms with van der Waals surface area (Å²) in [5, 5.41) is 10.6. The van der Waals surface area contributed by atoms with Crippen molar-refractivity contribution in [2.24, 2.45) is 0 Å². The monoisotopic (exact) mass is 258 g/mol. The van der Waals surface area contributed by atoms with E-state index in [2.05, 4.69) is 0 Å². The number of rotatable bonds is 2. The van der Waals surface area contributed by atoms with Crippen LogP contribution in [0.25, 0.3) is 0 Å². The summed E-state index contributed by atoms with van der Waals surface area (Å²) < 4.78 is 5.39. The first-order valence-electron chi connectivity index (χ1n) is 5.00. The molecule has 2 unspecified atom stereocenters. The molecule has 1 heterocycles. The molecule has 3 nitrogen and oxygen atoms in total. The highest BCUT2D eigenvalue weighted by Crippen LogP contribution is 2.35. The normalized spacial score (nSPS) is 20.4. The zero-order valence-corrected chi connectivity index (χ0v) is 10.2. The Labute approximate surface area is 105 Å². The van der Waals surface area contributed by atoms with Gasteiger partial charge in [0.2, 0.25) is 0 Å². The lowest BCUT2D eigenvalue weighted by Crippen LogP contribution is -2.18. The van der Waals surface area contributed by atoms with Crippen LogP contribution in [-0.2, 0) is 4.65 Å². The lowest BCUT2D eigenvalue weighted by atomic mass is 9.85. The SMILES string of the molecule is CCC(O)C1O[B]c2c1cc(Cl)c(N)c2Cl. The van der Waals surface area contributed by atoms with Crippen LogP contribution in [0, 0.1) is 0 Å². The zero-order valence-electron chi connectivity index (χ0n) is 8.71. The van der Waals surface area contributed by atoms with E-state index in [-0.39, 0.29) is 0 Å². The fraction of sp³-hybridized carbons (Fsp3) is 0.400. The van der Waals surface area contributed by atoms with E-state index in [4.69, 9.17) is 33.6 Å². The van der Waals surface area contributed by atoms with E-state index in [1.165, 1.54) is 7.48 Å². The fourth-order valence-corrected chi connectivity index (χ4v) is 2.27. The second-order valence-electron chi connectivity index (χ2n) is 3.74. The molecule has 1 aromatic rings. The second kappa shape index (κ2) is 4.45. The summed E-state index contributed by atoms with van der Waals surface area (Å²) in [7, 11) is 1.52. The maximum atomic E-state index is 9.79. The Hall–Kier alpha value is -0.415. The summed E-state index contributed by atoms with van der Waals surface area (Å²) in [5.41, 5.74) is 7.55. The molecule has 0 saturated carbocycles. The number of aliphatic hydroxyl groups excluding tert-OH is 1. The minimum Gasteiger partial charge on any atom is -0.425 e. The van der Waals surface area contributed by atoms with Gasteiger partial charge in [-0.25, -0.2) is 0 Å². The topological polar surface area (TPSA) is 55.5 Å². The van der Waals surface area contributed by atoms with Crippen LogP contribution < -0.4 is 11.2 Å². The number of fused-ring (bicyclic) bond motifs is 1. The highest BCUT2D eigenvalue weighted by molar-refractivity contribution is 6.57. The molecule has 0 saturated heterocycles. The van der Waals surface area contributed by atoms with Crippen LogP contribution in [0.3, 0.4) is 0 Å². The Morgan fingerprint density at radius 3 is 2.94 bits per heavy atom. The van der Waals surface area contributed by atoms with E-state index < -0.39 is 12.2 Å². The summed E-state index contributed by atoms with van der Waals surface area (Å²) in [6.45, 7) is 1.88. The molecule has 0 amide bonds. The molecule has 16 heavy (non-hydrogen) atoms. The molecular weight excluding hydrogens is 248 g/mol. The van der Waals surface area contributed by atoms with Crippen LogP contribution in [0.15, 0.2) is 6.07 Å². The first-order chi connectivity index (χ1) is 7.56. The van der Waals surface area contributed by atoms with Gasteiger partial charge in [-0.1, -0.05) is 30.1 Å². The Kier molecular flexibility index (Phi) is 3.35. The zero-order chi connectivity index (χ0) is 11.9. The van der Waals surface area contributed by atoms with Gasteiger partial charge in [0.05, 0.1) is 27.9 Å². The smallest absolute Gasteiger partial charge is 0.333 e. The quantitative estimate of drug-likeness (QED) is 0.627. The molecule has 2 atom stereocenters. The third-order valence-corrected chi connectivity index (χ3v) is 3.45. The predicted octanol–water partition coefficient (Wildman–Crippen LogP) is 1.66. The van der Waals surface area contributed by atoms with Crippen LogP contribution >= 0.6 is 23.2 Å². The number of hydrogen-bond donors (Lipinski definition) is 2. The highest BCUT2D eigenvalue weighted by Gasteiger charge is 2.32. The van der Waals surface area contributed by atoms with Crippen molar-refractivity contribution in [3.8, 4) is 0 Å². The van der Waals surface area contributed by atoms with Gasteiger partial charge < -0.3 is 15.5 Å². The van der Waals surface area contributed by atoms with E-state index in [1.54, 1.807) is 6.07 Å². The highest BCUT2D eigenvalue weighted by atomic mass is 35.5. The maximum absolute atomic E-state index is 9.79. The molecule has 0 aliphatic carbocycles. The van der Waals surface area contributed by atoms with Crippen molar-refractivity contribution >= 4 is 41.8 Å². The molecular formula is C10H11BCl2NO2. The number of benzene rings is 1. The van der Waals surface area contributed by atoms with E-state index in [9.17, 15) is 5.11 Å². The number of nitrogen functional groups attached to an aromatic ring is 1. The van der Waals surface area contributed by atoms with Gasteiger partial charge in [-0.3, -0.25) is 0 Å². The Morgan fingerprint density at radius 2 is 2.31 bits per heavy atom. The summed E-state index contributed by atoms with van der Waals surface area (Å²) in [4.78, 5) is 0. The molecule has 0 bridgehead atoms. The lowest BCUT2D eigenvalue weighted by Gasteiger charge is -2.18. The van der Waals surface area contributed by atoms with Gasteiger partial charge in [-0.05, 0) is 23.5 Å². The average molecular weight is 259 g/mol. The maximum Gasteiger partial charge on any atom is 0.333 e. The number of halogens is 2. The molecule has 3 N–H and O–H groups in total. The Bertz CT molecular complexity index is 428. The van der Waals surface area contributed by atoms with Crippen molar-refractivity contribution in [3.05, 3.63) is 21.7 Å². The minimum atomic E-state index is -0.576. The summed E-state index contributed by atoms with van der Waals surface area (Å²) >= 11 is 12.0. The van der Waals surface area contributed by atoms with Crippen molar-refractivity contribution in [1.29, 1.82) is 0 Å². The van der Waals surface area contributed by atoms with E-state index >= 15 is 0 Å². The Balaban J connectivity index is 2.48. The van der Waals surface area contributed by atoms with Gasteiger partial charge in [0.1, 0.15) is 0 Å². The van der Waals surface area contributed by atoms with Crippen LogP contribution in [0.2, 0.25) is 10.0 Å². The first kappa shape index (κ1) is 12.1. The molecule has 1 aliphatic heterocycles. The van der Waals surface area contributed by atoms with Crippen LogP contribution in [0.1, 0.15) is 25.0 Å². The van der Waals surface area contributed by atoms with Crippen LogP contribution in [0.5, 0.6) is 0 Å². The molecule has 2 rings (SSSR count). The third-order valence-electron chi connectivity index (χ3n) is 2.73. The molecule has 0 aromatic heterocycles.